The van der Waals surface area contributed by atoms with Gasteiger partial charge in [0.25, 0.3) is 5.24 Å². The average Bonchev–Trinajstić information content (AvgIpc) is 2.98. The van der Waals surface area contributed by atoms with Crippen LogP contribution in [0.2, 0.25) is 5.02 Å². The third kappa shape index (κ3) is 3.08. The lowest BCUT2D eigenvalue weighted by molar-refractivity contribution is 0.265. The molecule has 2 aromatic rings. The highest BCUT2D eigenvalue weighted by Gasteiger charge is 2.24. The van der Waals surface area contributed by atoms with Gasteiger partial charge in [-0.25, -0.2) is 4.99 Å². The minimum absolute atomic E-state index is 0.161. The molecule has 3 rings (SSSR count). The van der Waals surface area contributed by atoms with Gasteiger partial charge in [-0.05, 0) is 56.0 Å². The summed E-state index contributed by atoms with van der Waals surface area (Å²) in [7, 11) is 0. The molecule has 1 aromatic heterocycles. The van der Waals surface area contributed by atoms with E-state index in [-0.39, 0.29) is 5.24 Å². The van der Waals surface area contributed by atoms with E-state index in [9.17, 15) is 4.79 Å². The highest BCUT2D eigenvalue weighted by Crippen LogP contribution is 2.30. The summed E-state index contributed by atoms with van der Waals surface area (Å²) in [5, 5.41) is 7.13. The van der Waals surface area contributed by atoms with Crippen LogP contribution in [0.4, 0.5) is 10.5 Å². The normalized spacial score (nSPS) is 18.2. The second kappa shape index (κ2) is 5.98. The van der Waals surface area contributed by atoms with Crippen LogP contribution < -0.4 is 5.32 Å². The Hall–Kier alpha value is -2.05. The molecule has 1 amide bonds. The van der Waals surface area contributed by atoms with E-state index in [1.807, 2.05) is 19.9 Å². The minimum Gasteiger partial charge on any atom is -0.361 e. The van der Waals surface area contributed by atoms with Crippen molar-refractivity contribution in [2.24, 2.45) is 4.99 Å². The van der Waals surface area contributed by atoms with Gasteiger partial charge in [0.2, 0.25) is 0 Å². The van der Waals surface area contributed by atoms with Crippen LogP contribution in [0.15, 0.2) is 38.7 Å². The highest BCUT2D eigenvalue weighted by molar-refractivity contribution is 8.18. The summed E-state index contributed by atoms with van der Waals surface area (Å²) in [6, 6.07) is 7.08. The van der Waals surface area contributed by atoms with Gasteiger partial charge in [-0.15, -0.1) is 0 Å². The Balaban J connectivity index is 1.99. The summed E-state index contributed by atoms with van der Waals surface area (Å²) < 4.78 is 5.14. The molecule has 0 atom stereocenters. The molecular weight excluding hydrogens is 322 g/mol. The maximum Gasteiger partial charge on any atom is 0.289 e. The Morgan fingerprint density at radius 2 is 2.05 bits per heavy atom. The molecule has 0 bridgehead atoms. The summed E-state index contributed by atoms with van der Waals surface area (Å²) in [6.45, 7) is 3.69. The van der Waals surface area contributed by atoms with Crippen LogP contribution in [-0.4, -0.2) is 16.2 Å². The minimum atomic E-state index is -0.161. The van der Waals surface area contributed by atoms with E-state index in [2.05, 4.69) is 15.5 Å². The number of carbonyl (C=O) groups excluding carboxylic acids is 1. The van der Waals surface area contributed by atoms with E-state index < -0.39 is 0 Å². The van der Waals surface area contributed by atoms with Gasteiger partial charge >= 0.3 is 0 Å². The molecule has 1 N–H and O–H groups in total. The summed E-state index contributed by atoms with van der Waals surface area (Å²) in [4.78, 5) is 16.9. The second-order valence-electron chi connectivity index (χ2n) is 4.70. The molecule has 112 valence electrons. The maximum atomic E-state index is 11.7. The van der Waals surface area contributed by atoms with Gasteiger partial charge in [0, 0.05) is 10.6 Å². The van der Waals surface area contributed by atoms with Gasteiger partial charge in [0.15, 0.2) is 0 Å². The van der Waals surface area contributed by atoms with Gasteiger partial charge in [-0.3, -0.25) is 4.79 Å². The van der Waals surface area contributed by atoms with E-state index >= 15 is 0 Å². The number of aromatic nitrogens is 1. The van der Waals surface area contributed by atoms with Crippen LogP contribution >= 0.6 is 23.4 Å². The maximum absolute atomic E-state index is 11.7. The summed E-state index contributed by atoms with van der Waals surface area (Å²) >= 11 is 6.96. The lowest BCUT2D eigenvalue weighted by Crippen LogP contribution is -2.18. The van der Waals surface area contributed by atoms with Crippen molar-refractivity contribution in [1.29, 1.82) is 0 Å². The number of rotatable bonds is 2. The number of amidine groups is 1. The van der Waals surface area contributed by atoms with E-state index in [1.165, 1.54) is 0 Å². The Morgan fingerprint density at radius 3 is 2.68 bits per heavy atom. The number of halogens is 1. The number of nitrogens with one attached hydrogen (secondary N) is 1. The largest absolute Gasteiger partial charge is 0.361 e. The summed E-state index contributed by atoms with van der Waals surface area (Å²) in [5.41, 5.74) is 2.35. The van der Waals surface area contributed by atoms with Crippen LogP contribution in [-0.2, 0) is 0 Å². The van der Waals surface area contributed by atoms with Crippen LogP contribution in [0.25, 0.3) is 6.08 Å². The lowest BCUT2D eigenvalue weighted by atomic mass is 10.2. The molecule has 0 unspecified atom stereocenters. The van der Waals surface area contributed by atoms with Gasteiger partial charge in [-0.2, -0.15) is 0 Å². The number of nitrogens with zero attached hydrogens (tertiary/aromatic N) is 2. The SMILES string of the molecule is Cc1noc(C)c1/C=C1\SC(=O)NC1=Nc1ccc(Cl)cc1. The Bertz CT molecular complexity index is 774. The molecule has 1 aliphatic rings. The zero-order valence-corrected chi connectivity index (χ0v) is 13.5. The zero-order valence-electron chi connectivity index (χ0n) is 11.9. The molecule has 0 radical (unpaired) electrons. The predicted octanol–water partition coefficient (Wildman–Crippen LogP) is 4.47. The molecular formula is C15H12ClN3O2S. The fraction of sp³-hybridized carbons (Fsp3) is 0.133. The number of carbonyl (C=O) groups is 1. The molecule has 7 heteroatoms. The fourth-order valence-corrected chi connectivity index (χ4v) is 2.83. The molecule has 0 saturated carbocycles. The van der Waals surface area contributed by atoms with Crippen molar-refractivity contribution in [2.75, 3.05) is 0 Å². The van der Waals surface area contributed by atoms with Gasteiger partial charge in [0.05, 0.1) is 16.3 Å². The third-order valence-electron chi connectivity index (χ3n) is 3.09. The first-order valence-electron chi connectivity index (χ1n) is 6.51. The van der Waals surface area contributed by atoms with Crippen molar-refractivity contribution in [3.63, 3.8) is 0 Å². The first kappa shape index (κ1) is 14.9. The monoisotopic (exact) mass is 333 g/mol. The van der Waals surface area contributed by atoms with E-state index in [1.54, 1.807) is 24.3 Å². The van der Waals surface area contributed by atoms with Crippen molar-refractivity contribution < 1.29 is 9.32 Å². The third-order valence-corrected chi connectivity index (χ3v) is 4.16. The molecule has 1 aromatic carbocycles. The average molecular weight is 334 g/mol. The predicted molar refractivity (Wildman–Crippen MR) is 88.6 cm³/mol. The standard InChI is InChI=1S/C15H12ClN3O2S/c1-8-12(9(2)21-19-8)7-13-14(18-15(20)22-13)17-11-5-3-10(16)4-6-11/h3-7H,1-2H3,(H,17,18,20)/b13-7-. The lowest BCUT2D eigenvalue weighted by Gasteiger charge is -2.00. The molecule has 1 aliphatic heterocycles. The molecule has 2 heterocycles. The fourth-order valence-electron chi connectivity index (χ4n) is 1.98. The van der Waals surface area contributed by atoms with Crippen molar-refractivity contribution >= 4 is 46.2 Å². The quantitative estimate of drug-likeness (QED) is 0.880. The molecule has 5 nitrogen and oxygen atoms in total. The highest BCUT2D eigenvalue weighted by atomic mass is 35.5. The van der Waals surface area contributed by atoms with E-state index in [0.29, 0.717) is 22.3 Å². The molecule has 0 spiro atoms. The number of thioether (sulfide) groups is 1. The number of amides is 1. The van der Waals surface area contributed by atoms with Crippen LogP contribution in [0, 0.1) is 13.8 Å². The number of benzene rings is 1. The van der Waals surface area contributed by atoms with Gasteiger partial charge in [0.1, 0.15) is 11.6 Å². The van der Waals surface area contributed by atoms with Crippen LogP contribution in [0.1, 0.15) is 17.0 Å². The Kier molecular flexibility index (Phi) is 4.04. The van der Waals surface area contributed by atoms with Crippen molar-refractivity contribution in [3.8, 4) is 0 Å². The Morgan fingerprint density at radius 1 is 1.32 bits per heavy atom. The molecule has 1 fully saturated rings. The first-order chi connectivity index (χ1) is 10.5. The summed E-state index contributed by atoms with van der Waals surface area (Å²) in [5.74, 6) is 1.22. The molecule has 0 aliphatic carbocycles. The second-order valence-corrected chi connectivity index (χ2v) is 6.15. The number of aryl methyl sites for hydroxylation is 2. The number of hydrogen-bond donors (Lipinski definition) is 1. The van der Waals surface area contributed by atoms with Crippen molar-refractivity contribution in [3.05, 3.63) is 51.2 Å². The van der Waals surface area contributed by atoms with Gasteiger partial charge < -0.3 is 9.84 Å². The van der Waals surface area contributed by atoms with Crippen molar-refractivity contribution in [1.82, 2.24) is 10.5 Å². The summed E-state index contributed by atoms with van der Waals surface area (Å²) in [6.07, 6.45) is 1.86. The van der Waals surface area contributed by atoms with Crippen LogP contribution in [0.3, 0.4) is 0 Å². The number of aliphatic imine (C=N–C) groups is 1. The van der Waals surface area contributed by atoms with Crippen molar-refractivity contribution in [2.45, 2.75) is 13.8 Å². The topological polar surface area (TPSA) is 67.5 Å². The van der Waals surface area contributed by atoms with E-state index in [4.69, 9.17) is 16.1 Å². The molecule has 22 heavy (non-hydrogen) atoms. The van der Waals surface area contributed by atoms with Crippen LogP contribution in [0.5, 0.6) is 0 Å². The zero-order chi connectivity index (χ0) is 15.7. The molecule has 1 saturated heterocycles. The Labute approximate surface area is 136 Å². The van der Waals surface area contributed by atoms with E-state index in [0.717, 1.165) is 27.9 Å². The first-order valence-corrected chi connectivity index (χ1v) is 7.70. The number of hydrogen-bond acceptors (Lipinski definition) is 5. The van der Waals surface area contributed by atoms with Gasteiger partial charge in [-0.1, -0.05) is 16.8 Å². The smallest absolute Gasteiger partial charge is 0.289 e.